The molecule has 2 aromatic carbocycles. The lowest BCUT2D eigenvalue weighted by molar-refractivity contribution is -0.164. The molecule has 2 aromatic rings. The molecule has 0 amide bonds. The first kappa shape index (κ1) is 14.3. The molecular weight excluding hydrogens is 252 g/mol. The molecule has 1 unspecified atom stereocenters. The molecule has 1 atom stereocenters. The van der Waals surface area contributed by atoms with Crippen molar-refractivity contribution in [2.24, 2.45) is 0 Å². The first-order valence-corrected chi connectivity index (χ1v) is 6.61. The first-order valence-electron chi connectivity index (χ1n) is 6.61. The van der Waals surface area contributed by atoms with Crippen molar-refractivity contribution in [3.05, 3.63) is 60.2 Å². The average Bonchev–Trinajstić information content (AvgIpc) is 2.48. The Labute approximate surface area is 118 Å². The molecule has 0 saturated heterocycles. The molecule has 0 heterocycles. The number of ether oxygens (including phenoxy) is 1. The minimum atomic E-state index is -1.64. The SMILES string of the molecule is CCOC(=O)C(C)(O)c1cccc(-c2ccccc2)c1. The van der Waals surface area contributed by atoms with Crippen LogP contribution in [0.4, 0.5) is 0 Å². The highest BCUT2D eigenvalue weighted by atomic mass is 16.5. The summed E-state index contributed by atoms with van der Waals surface area (Å²) in [6.45, 7) is 3.41. The van der Waals surface area contributed by atoms with Gasteiger partial charge in [0.25, 0.3) is 0 Å². The van der Waals surface area contributed by atoms with Gasteiger partial charge in [-0.05, 0) is 36.6 Å². The summed E-state index contributed by atoms with van der Waals surface area (Å²) in [5, 5.41) is 10.4. The highest BCUT2D eigenvalue weighted by Gasteiger charge is 2.34. The van der Waals surface area contributed by atoms with E-state index in [0.717, 1.165) is 11.1 Å². The normalized spacial score (nSPS) is 13.6. The van der Waals surface area contributed by atoms with E-state index in [-0.39, 0.29) is 6.61 Å². The maximum absolute atomic E-state index is 11.8. The van der Waals surface area contributed by atoms with Crippen molar-refractivity contribution in [3.8, 4) is 11.1 Å². The van der Waals surface area contributed by atoms with Crippen molar-refractivity contribution >= 4 is 5.97 Å². The maximum Gasteiger partial charge on any atom is 0.342 e. The van der Waals surface area contributed by atoms with Gasteiger partial charge >= 0.3 is 5.97 Å². The molecule has 0 aliphatic rings. The second kappa shape index (κ2) is 5.88. The molecular formula is C17H18O3. The second-order valence-corrected chi connectivity index (χ2v) is 4.74. The van der Waals surface area contributed by atoms with Gasteiger partial charge in [-0.15, -0.1) is 0 Å². The van der Waals surface area contributed by atoms with Crippen LogP contribution in [0.1, 0.15) is 19.4 Å². The largest absolute Gasteiger partial charge is 0.464 e. The van der Waals surface area contributed by atoms with Crippen LogP contribution in [0.15, 0.2) is 54.6 Å². The number of benzene rings is 2. The van der Waals surface area contributed by atoms with Crippen molar-refractivity contribution in [2.45, 2.75) is 19.4 Å². The number of rotatable bonds is 4. The molecule has 0 fully saturated rings. The Morgan fingerprint density at radius 1 is 1.10 bits per heavy atom. The zero-order chi connectivity index (χ0) is 14.6. The number of esters is 1. The van der Waals surface area contributed by atoms with Crippen molar-refractivity contribution in [1.82, 2.24) is 0 Å². The van der Waals surface area contributed by atoms with Crippen LogP contribution < -0.4 is 0 Å². The summed E-state index contributed by atoms with van der Waals surface area (Å²) in [5.74, 6) is -0.634. The second-order valence-electron chi connectivity index (χ2n) is 4.74. The molecule has 1 N–H and O–H groups in total. The van der Waals surface area contributed by atoms with E-state index in [9.17, 15) is 9.90 Å². The molecule has 0 aromatic heterocycles. The molecule has 0 aliphatic carbocycles. The molecule has 0 saturated carbocycles. The molecule has 3 heteroatoms. The van der Waals surface area contributed by atoms with E-state index in [4.69, 9.17) is 4.74 Å². The van der Waals surface area contributed by atoms with Gasteiger partial charge in [0, 0.05) is 0 Å². The van der Waals surface area contributed by atoms with E-state index in [1.165, 1.54) is 6.92 Å². The van der Waals surface area contributed by atoms with Crippen LogP contribution in [-0.2, 0) is 15.1 Å². The first-order chi connectivity index (χ1) is 9.55. The Hall–Kier alpha value is -2.13. The molecule has 0 spiro atoms. The molecule has 20 heavy (non-hydrogen) atoms. The van der Waals surface area contributed by atoms with Crippen LogP contribution in [0.3, 0.4) is 0 Å². The van der Waals surface area contributed by atoms with Crippen LogP contribution in [0, 0.1) is 0 Å². The van der Waals surface area contributed by atoms with Crippen LogP contribution in [0.5, 0.6) is 0 Å². The van der Waals surface area contributed by atoms with E-state index in [1.807, 2.05) is 48.5 Å². The fraction of sp³-hybridized carbons (Fsp3) is 0.235. The summed E-state index contributed by atoms with van der Waals surface area (Å²) in [7, 11) is 0. The Morgan fingerprint density at radius 3 is 2.40 bits per heavy atom. The van der Waals surface area contributed by atoms with E-state index >= 15 is 0 Å². The van der Waals surface area contributed by atoms with Crippen molar-refractivity contribution in [2.75, 3.05) is 6.61 Å². The topological polar surface area (TPSA) is 46.5 Å². The van der Waals surface area contributed by atoms with Crippen molar-refractivity contribution in [1.29, 1.82) is 0 Å². The molecule has 0 aliphatic heterocycles. The Morgan fingerprint density at radius 2 is 1.75 bits per heavy atom. The summed E-state index contributed by atoms with van der Waals surface area (Å²) < 4.78 is 4.92. The van der Waals surface area contributed by atoms with Gasteiger partial charge < -0.3 is 9.84 Å². The number of hydrogen-bond acceptors (Lipinski definition) is 3. The van der Waals surface area contributed by atoms with E-state index < -0.39 is 11.6 Å². The third kappa shape index (κ3) is 2.89. The zero-order valence-corrected chi connectivity index (χ0v) is 11.7. The lowest BCUT2D eigenvalue weighted by Crippen LogP contribution is -2.34. The highest BCUT2D eigenvalue weighted by molar-refractivity contribution is 5.81. The smallest absolute Gasteiger partial charge is 0.342 e. The van der Waals surface area contributed by atoms with Gasteiger partial charge in [-0.25, -0.2) is 4.79 Å². The molecule has 0 radical (unpaired) electrons. The summed E-state index contributed by atoms with van der Waals surface area (Å²) in [4.78, 5) is 11.8. The number of aliphatic hydroxyl groups is 1. The minimum absolute atomic E-state index is 0.243. The fourth-order valence-electron chi connectivity index (χ4n) is 2.02. The van der Waals surface area contributed by atoms with Crippen LogP contribution in [0.25, 0.3) is 11.1 Å². The standard InChI is InChI=1S/C17H18O3/c1-3-20-16(18)17(2,19)15-11-7-10-14(12-15)13-8-5-4-6-9-13/h4-12,19H,3H2,1-2H3. The number of carbonyl (C=O) groups excluding carboxylic acids is 1. The predicted molar refractivity (Wildman–Crippen MR) is 78.1 cm³/mol. The Balaban J connectivity index is 2.37. The van der Waals surface area contributed by atoms with Gasteiger partial charge in [-0.3, -0.25) is 0 Å². The third-order valence-electron chi connectivity index (χ3n) is 3.20. The van der Waals surface area contributed by atoms with Gasteiger partial charge in [0.2, 0.25) is 0 Å². The van der Waals surface area contributed by atoms with Crippen LogP contribution >= 0.6 is 0 Å². The summed E-state index contributed by atoms with van der Waals surface area (Å²) >= 11 is 0. The van der Waals surface area contributed by atoms with Crippen LogP contribution in [-0.4, -0.2) is 17.7 Å². The van der Waals surface area contributed by atoms with Crippen molar-refractivity contribution in [3.63, 3.8) is 0 Å². The average molecular weight is 270 g/mol. The minimum Gasteiger partial charge on any atom is -0.464 e. The lowest BCUT2D eigenvalue weighted by atomic mass is 9.93. The summed E-state index contributed by atoms with van der Waals surface area (Å²) in [6, 6.07) is 17.1. The van der Waals surface area contributed by atoms with Crippen molar-refractivity contribution < 1.29 is 14.6 Å². The molecule has 2 rings (SSSR count). The van der Waals surface area contributed by atoms with E-state index in [1.54, 1.807) is 13.0 Å². The molecule has 0 bridgehead atoms. The quantitative estimate of drug-likeness (QED) is 0.868. The van der Waals surface area contributed by atoms with Crippen LogP contribution in [0.2, 0.25) is 0 Å². The zero-order valence-electron chi connectivity index (χ0n) is 11.7. The molecule has 104 valence electrons. The fourth-order valence-corrected chi connectivity index (χ4v) is 2.02. The summed E-state index contributed by atoms with van der Waals surface area (Å²) in [5.41, 5.74) is 0.875. The predicted octanol–water partition coefficient (Wildman–Crippen LogP) is 3.12. The molecule has 3 nitrogen and oxygen atoms in total. The highest BCUT2D eigenvalue weighted by Crippen LogP contribution is 2.27. The Bertz CT molecular complexity index is 588. The van der Waals surface area contributed by atoms with Gasteiger partial charge in [0.05, 0.1) is 6.61 Å². The van der Waals surface area contributed by atoms with E-state index in [2.05, 4.69) is 0 Å². The third-order valence-corrected chi connectivity index (χ3v) is 3.20. The Kier molecular flexibility index (Phi) is 4.20. The van der Waals surface area contributed by atoms with Gasteiger partial charge in [-0.2, -0.15) is 0 Å². The monoisotopic (exact) mass is 270 g/mol. The summed E-state index contributed by atoms with van der Waals surface area (Å²) in [6.07, 6.45) is 0. The van der Waals surface area contributed by atoms with Gasteiger partial charge in [0.1, 0.15) is 0 Å². The van der Waals surface area contributed by atoms with Gasteiger partial charge in [-0.1, -0.05) is 48.5 Å². The number of carbonyl (C=O) groups is 1. The van der Waals surface area contributed by atoms with E-state index in [0.29, 0.717) is 5.56 Å². The van der Waals surface area contributed by atoms with Gasteiger partial charge in [0.15, 0.2) is 5.60 Å². The number of hydrogen-bond donors (Lipinski definition) is 1. The lowest BCUT2D eigenvalue weighted by Gasteiger charge is -2.22. The maximum atomic E-state index is 11.8.